The molecule has 90 valence electrons. The lowest BCUT2D eigenvalue weighted by Gasteiger charge is -2.15. The summed E-state index contributed by atoms with van der Waals surface area (Å²) in [6, 6.07) is 9.78. The van der Waals surface area contributed by atoms with Gasteiger partial charge in [-0.05, 0) is 42.8 Å². The van der Waals surface area contributed by atoms with Crippen molar-refractivity contribution < 1.29 is 4.42 Å². The summed E-state index contributed by atoms with van der Waals surface area (Å²) in [5, 5.41) is 4.42. The number of nitrogens with one attached hydrogen (secondary N) is 1. The molecule has 4 heteroatoms. The molecule has 0 aliphatic heterocycles. The van der Waals surface area contributed by atoms with Crippen LogP contribution in [0, 0.1) is 0 Å². The Hall–Kier alpha value is -0.960. The van der Waals surface area contributed by atoms with Crippen LogP contribution < -0.4 is 5.32 Å². The Morgan fingerprint density at radius 2 is 2.00 bits per heavy atom. The first-order chi connectivity index (χ1) is 8.22. The van der Waals surface area contributed by atoms with Crippen molar-refractivity contribution >= 4 is 23.2 Å². The van der Waals surface area contributed by atoms with Crippen LogP contribution in [0.3, 0.4) is 0 Å². The number of halogens is 2. The van der Waals surface area contributed by atoms with Crippen LogP contribution in [0.5, 0.6) is 0 Å². The second-order valence-electron chi connectivity index (χ2n) is 3.79. The van der Waals surface area contributed by atoms with Gasteiger partial charge in [0, 0.05) is 16.6 Å². The van der Waals surface area contributed by atoms with Crippen molar-refractivity contribution in [2.45, 2.75) is 12.5 Å². The van der Waals surface area contributed by atoms with Crippen LogP contribution in [0.25, 0.3) is 0 Å². The van der Waals surface area contributed by atoms with E-state index >= 15 is 0 Å². The molecule has 1 N–H and O–H groups in total. The van der Waals surface area contributed by atoms with Gasteiger partial charge in [-0.1, -0.05) is 29.8 Å². The topological polar surface area (TPSA) is 25.2 Å². The minimum absolute atomic E-state index is 0.0983. The van der Waals surface area contributed by atoms with E-state index in [1.165, 1.54) is 0 Å². The Bertz CT molecular complexity index is 496. The van der Waals surface area contributed by atoms with Gasteiger partial charge in [0.05, 0.1) is 6.26 Å². The quantitative estimate of drug-likeness (QED) is 0.905. The Balaban J connectivity index is 2.22. The van der Waals surface area contributed by atoms with Gasteiger partial charge in [-0.2, -0.15) is 0 Å². The van der Waals surface area contributed by atoms with E-state index in [2.05, 4.69) is 5.32 Å². The fourth-order valence-electron chi connectivity index (χ4n) is 1.81. The predicted molar refractivity (Wildman–Crippen MR) is 70.7 cm³/mol. The highest BCUT2D eigenvalue weighted by molar-refractivity contribution is 6.31. The minimum atomic E-state index is 0.0983. The van der Waals surface area contributed by atoms with E-state index in [9.17, 15) is 0 Å². The first-order valence-corrected chi connectivity index (χ1v) is 6.11. The lowest BCUT2D eigenvalue weighted by molar-refractivity contribution is 0.544. The average Bonchev–Trinajstić information content (AvgIpc) is 2.75. The maximum Gasteiger partial charge on any atom is 0.197 e. The van der Waals surface area contributed by atoms with Crippen LogP contribution in [-0.4, -0.2) is 7.05 Å². The van der Waals surface area contributed by atoms with Crippen LogP contribution in [0.2, 0.25) is 10.2 Å². The molecule has 0 radical (unpaired) electrons. The van der Waals surface area contributed by atoms with Gasteiger partial charge in [0.1, 0.15) is 0 Å². The molecule has 2 aromatic rings. The van der Waals surface area contributed by atoms with Crippen LogP contribution in [-0.2, 0) is 6.42 Å². The molecule has 0 aliphatic rings. The molecule has 1 atom stereocenters. The smallest absolute Gasteiger partial charge is 0.197 e. The fourth-order valence-corrected chi connectivity index (χ4v) is 2.26. The van der Waals surface area contributed by atoms with Crippen LogP contribution >= 0.6 is 23.2 Å². The maximum atomic E-state index is 6.14. The molecule has 1 aromatic heterocycles. The third-order valence-electron chi connectivity index (χ3n) is 2.75. The molecule has 17 heavy (non-hydrogen) atoms. The summed E-state index contributed by atoms with van der Waals surface area (Å²) in [6.45, 7) is 0. The molecule has 0 aliphatic carbocycles. The zero-order valence-corrected chi connectivity index (χ0v) is 10.9. The molecule has 0 saturated carbocycles. The van der Waals surface area contributed by atoms with Crippen molar-refractivity contribution in [1.82, 2.24) is 5.32 Å². The summed E-state index contributed by atoms with van der Waals surface area (Å²) in [5.41, 5.74) is 2.04. The molecule has 2 nitrogen and oxygen atoms in total. The third-order valence-corrected chi connectivity index (χ3v) is 3.43. The number of rotatable bonds is 4. The van der Waals surface area contributed by atoms with Crippen molar-refractivity contribution in [3.8, 4) is 0 Å². The van der Waals surface area contributed by atoms with E-state index in [1.807, 2.05) is 37.4 Å². The van der Waals surface area contributed by atoms with E-state index in [0.29, 0.717) is 5.22 Å². The minimum Gasteiger partial charge on any atom is -0.453 e. The van der Waals surface area contributed by atoms with Crippen molar-refractivity contribution in [3.05, 3.63) is 58.0 Å². The molecular weight excluding hydrogens is 257 g/mol. The van der Waals surface area contributed by atoms with Gasteiger partial charge in [0.15, 0.2) is 5.22 Å². The molecule has 2 rings (SSSR count). The SMILES string of the molecule is CNC(Cc1ccccc1Cl)c1ccoc1Cl. The highest BCUT2D eigenvalue weighted by Crippen LogP contribution is 2.28. The highest BCUT2D eigenvalue weighted by atomic mass is 35.5. The largest absolute Gasteiger partial charge is 0.453 e. The number of hydrogen-bond donors (Lipinski definition) is 1. The van der Waals surface area contributed by atoms with Gasteiger partial charge in [-0.3, -0.25) is 0 Å². The summed E-state index contributed by atoms with van der Waals surface area (Å²) in [4.78, 5) is 0. The Morgan fingerprint density at radius 3 is 2.59 bits per heavy atom. The summed E-state index contributed by atoms with van der Waals surface area (Å²) < 4.78 is 5.11. The molecule has 0 bridgehead atoms. The van der Waals surface area contributed by atoms with E-state index in [1.54, 1.807) is 6.26 Å². The standard InChI is InChI=1S/C13H13Cl2NO/c1-16-12(10-6-7-17-13(10)15)8-9-4-2-3-5-11(9)14/h2-7,12,16H,8H2,1H3. The van der Waals surface area contributed by atoms with Gasteiger partial charge in [0.2, 0.25) is 0 Å². The van der Waals surface area contributed by atoms with E-state index in [4.69, 9.17) is 27.6 Å². The van der Waals surface area contributed by atoms with E-state index in [0.717, 1.165) is 22.6 Å². The molecule has 0 spiro atoms. The molecule has 0 fully saturated rings. The molecule has 1 unspecified atom stereocenters. The molecule has 0 saturated heterocycles. The first-order valence-electron chi connectivity index (χ1n) is 5.36. The number of likely N-dealkylation sites (N-methyl/N-ethyl adjacent to an activating group) is 1. The van der Waals surface area contributed by atoms with Gasteiger partial charge >= 0.3 is 0 Å². The fraction of sp³-hybridized carbons (Fsp3) is 0.231. The maximum absolute atomic E-state index is 6.14. The summed E-state index contributed by atoms with van der Waals surface area (Å²) in [6.07, 6.45) is 2.37. The van der Waals surface area contributed by atoms with Crippen LogP contribution in [0.15, 0.2) is 41.0 Å². The average molecular weight is 270 g/mol. The number of hydrogen-bond acceptors (Lipinski definition) is 2. The normalized spacial score (nSPS) is 12.6. The Labute approximate surface area is 111 Å². The van der Waals surface area contributed by atoms with Crippen molar-refractivity contribution in [1.29, 1.82) is 0 Å². The van der Waals surface area contributed by atoms with Crippen LogP contribution in [0.4, 0.5) is 0 Å². The molecule has 1 aromatic carbocycles. The number of furan rings is 1. The molecular formula is C13H13Cl2NO. The Morgan fingerprint density at radius 1 is 1.24 bits per heavy atom. The lowest BCUT2D eigenvalue weighted by atomic mass is 10.0. The van der Waals surface area contributed by atoms with Gasteiger partial charge in [-0.25, -0.2) is 0 Å². The van der Waals surface area contributed by atoms with Crippen molar-refractivity contribution in [2.24, 2.45) is 0 Å². The second kappa shape index (κ2) is 5.58. The van der Waals surface area contributed by atoms with Gasteiger partial charge in [-0.15, -0.1) is 0 Å². The van der Waals surface area contributed by atoms with Crippen LogP contribution in [0.1, 0.15) is 17.2 Å². The van der Waals surface area contributed by atoms with Gasteiger partial charge < -0.3 is 9.73 Å². The molecule has 0 amide bonds. The van der Waals surface area contributed by atoms with Crippen molar-refractivity contribution in [3.63, 3.8) is 0 Å². The third kappa shape index (κ3) is 2.83. The first kappa shape index (κ1) is 12.5. The van der Waals surface area contributed by atoms with E-state index < -0.39 is 0 Å². The van der Waals surface area contributed by atoms with E-state index in [-0.39, 0.29) is 6.04 Å². The molecule has 1 heterocycles. The zero-order valence-electron chi connectivity index (χ0n) is 9.41. The monoisotopic (exact) mass is 269 g/mol. The van der Waals surface area contributed by atoms with Gasteiger partial charge in [0.25, 0.3) is 0 Å². The summed E-state index contributed by atoms with van der Waals surface area (Å²) >= 11 is 12.1. The highest BCUT2D eigenvalue weighted by Gasteiger charge is 2.16. The second-order valence-corrected chi connectivity index (χ2v) is 4.54. The van der Waals surface area contributed by atoms with Crippen molar-refractivity contribution in [2.75, 3.05) is 7.05 Å². The predicted octanol–water partition coefficient (Wildman–Crippen LogP) is 4.09. The summed E-state index contributed by atoms with van der Waals surface area (Å²) in [5.74, 6) is 0. The summed E-state index contributed by atoms with van der Waals surface area (Å²) in [7, 11) is 1.89. The zero-order chi connectivity index (χ0) is 12.3. The Kier molecular flexibility index (Phi) is 4.11. The lowest BCUT2D eigenvalue weighted by Crippen LogP contribution is -2.18. The number of benzene rings is 1.